The number of benzene rings is 1. The molecule has 20 heavy (non-hydrogen) atoms. The lowest BCUT2D eigenvalue weighted by molar-refractivity contribution is 1.41. The first-order valence-corrected chi connectivity index (χ1v) is 6.69. The van der Waals surface area contributed by atoms with Crippen LogP contribution in [0.15, 0.2) is 38.5 Å². The molecule has 0 bridgehead atoms. The third kappa shape index (κ3) is 2.65. The van der Waals surface area contributed by atoms with Crippen LogP contribution in [-0.2, 0) is 0 Å². The first-order chi connectivity index (χ1) is 9.69. The monoisotopic (exact) mass is 262 g/mol. The highest BCUT2D eigenvalue weighted by molar-refractivity contribution is 5.80. The van der Waals surface area contributed by atoms with E-state index >= 15 is 0 Å². The quantitative estimate of drug-likeness (QED) is 0.737. The van der Waals surface area contributed by atoms with Gasteiger partial charge >= 0.3 is 0 Å². The van der Waals surface area contributed by atoms with Crippen LogP contribution in [0.2, 0.25) is 0 Å². The second kappa shape index (κ2) is 7.30. The van der Waals surface area contributed by atoms with Gasteiger partial charge in [-0.05, 0) is 46.5 Å². The minimum absolute atomic E-state index is 1.07. The van der Waals surface area contributed by atoms with Crippen LogP contribution in [0.3, 0.4) is 0 Å². The minimum Gasteiger partial charge on any atom is -0.0990 e. The molecule has 102 valence electrons. The van der Waals surface area contributed by atoms with E-state index < -0.39 is 0 Å². The summed E-state index contributed by atoms with van der Waals surface area (Å²) >= 11 is 0. The third-order valence-corrected chi connectivity index (χ3v) is 3.26. The molecule has 0 fully saturated rings. The van der Waals surface area contributed by atoms with E-state index in [-0.39, 0.29) is 0 Å². The zero-order valence-electron chi connectivity index (χ0n) is 12.4. The van der Waals surface area contributed by atoms with Crippen molar-refractivity contribution >= 4 is 36.5 Å². The molecule has 0 N–H and O–H groups in total. The molecule has 0 amide bonds. The van der Waals surface area contributed by atoms with Crippen molar-refractivity contribution in [3.05, 3.63) is 71.2 Å². The maximum atomic E-state index is 3.95. The van der Waals surface area contributed by atoms with Crippen molar-refractivity contribution < 1.29 is 0 Å². The van der Waals surface area contributed by atoms with E-state index in [1.807, 2.05) is 50.3 Å². The molecule has 0 saturated carbocycles. The molecule has 1 aromatic rings. The Hall–Kier alpha value is -2.34. The average Bonchev–Trinajstić information content (AvgIpc) is 2.47. The Balaban J connectivity index is 4.28. The zero-order valence-corrected chi connectivity index (χ0v) is 12.4. The molecule has 0 spiro atoms. The maximum Gasteiger partial charge on any atom is -0.0103 e. The van der Waals surface area contributed by atoms with Crippen LogP contribution in [0.25, 0.3) is 36.5 Å². The topological polar surface area (TPSA) is 0 Å². The van der Waals surface area contributed by atoms with Gasteiger partial charge in [-0.2, -0.15) is 0 Å². The summed E-state index contributed by atoms with van der Waals surface area (Å²) in [4.78, 5) is 0. The Labute approximate surface area is 122 Å². The molecule has 0 saturated heterocycles. The van der Waals surface area contributed by atoms with Crippen LogP contribution < -0.4 is 10.4 Å². The number of rotatable bonds is 5. The van der Waals surface area contributed by atoms with Crippen molar-refractivity contribution in [1.29, 1.82) is 0 Å². The first kappa shape index (κ1) is 15.7. The normalized spacial score (nSPS) is 12.7. The highest BCUT2D eigenvalue weighted by Gasteiger charge is 2.09. The Bertz CT molecular complexity index is 695. The summed E-state index contributed by atoms with van der Waals surface area (Å²) < 4.78 is 0. The van der Waals surface area contributed by atoms with E-state index in [2.05, 4.69) is 38.5 Å². The molecule has 0 radical (unpaired) electrons. The molecule has 0 aromatic heterocycles. The number of allylic oxidation sites excluding steroid dienone is 2. The minimum atomic E-state index is 1.07. The number of hydrogen-bond acceptors (Lipinski definition) is 0. The molecule has 1 aromatic carbocycles. The van der Waals surface area contributed by atoms with Gasteiger partial charge in [-0.25, -0.2) is 0 Å². The first-order valence-electron chi connectivity index (χ1n) is 6.69. The summed E-state index contributed by atoms with van der Waals surface area (Å²) in [5.74, 6) is 0. The van der Waals surface area contributed by atoms with Gasteiger partial charge in [0.1, 0.15) is 0 Å². The molecule has 0 atom stereocenters. The van der Waals surface area contributed by atoms with Gasteiger partial charge in [0, 0.05) is 0 Å². The Morgan fingerprint density at radius 3 is 1.65 bits per heavy atom. The van der Waals surface area contributed by atoms with Crippen LogP contribution in [-0.4, -0.2) is 0 Å². The van der Waals surface area contributed by atoms with Crippen molar-refractivity contribution in [3.63, 3.8) is 0 Å². The highest BCUT2D eigenvalue weighted by atomic mass is 14.1. The molecule has 0 aliphatic rings. The molecule has 1 rings (SSSR count). The molecular weight excluding hydrogens is 240 g/mol. The van der Waals surface area contributed by atoms with Gasteiger partial charge in [-0.3, -0.25) is 0 Å². The van der Waals surface area contributed by atoms with Crippen molar-refractivity contribution in [2.45, 2.75) is 13.8 Å². The predicted octanol–water partition coefficient (Wildman–Crippen LogP) is 4.42. The Kier molecular flexibility index (Phi) is 5.74. The summed E-state index contributed by atoms with van der Waals surface area (Å²) in [5, 5.41) is 2.28. The summed E-state index contributed by atoms with van der Waals surface area (Å²) in [6.45, 7) is 19.7. The summed E-state index contributed by atoms with van der Waals surface area (Å²) in [6.07, 6.45) is 15.7. The fourth-order valence-electron chi connectivity index (χ4n) is 2.48. The van der Waals surface area contributed by atoms with Gasteiger partial charge in [0.25, 0.3) is 0 Å². The Morgan fingerprint density at radius 2 is 1.25 bits per heavy atom. The molecule has 0 nitrogen and oxygen atoms in total. The van der Waals surface area contributed by atoms with Crippen molar-refractivity contribution in [2.75, 3.05) is 0 Å². The largest absolute Gasteiger partial charge is 0.0990 e. The summed E-state index contributed by atoms with van der Waals surface area (Å²) in [7, 11) is 0. The fourth-order valence-corrected chi connectivity index (χ4v) is 2.48. The Morgan fingerprint density at radius 1 is 0.700 bits per heavy atom. The van der Waals surface area contributed by atoms with E-state index in [9.17, 15) is 0 Å². The second-order valence-corrected chi connectivity index (χ2v) is 4.29. The van der Waals surface area contributed by atoms with Gasteiger partial charge in [-0.15, -0.1) is 0 Å². The van der Waals surface area contributed by atoms with Crippen LogP contribution in [0, 0.1) is 0 Å². The van der Waals surface area contributed by atoms with Gasteiger partial charge in [-0.1, -0.05) is 74.9 Å². The van der Waals surface area contributed by atoms with Crippen LogP contribution >= 0.6 is 0 Å². The summed E-state index contributed by atoms with van der Waals surface area (Å²) in [5.41, 5.74) is 4.36. The van der Waals surface area contributed by atoms with Gasteiger partial charge < -0.3 is 0 Å². The molecule has 0 unspecified atom stereocenters. The number of hydrogen-bond donors (Lipinski definition) is 0. The van der Waals surface area contributed by atoms with E-state index in [4.69, 9.17) is 0 Å². The lowest BCUT2D eigenvalue weighted by Crippen LogP contribution is -2.32. The maximum absolute atomic E-state index is 3.95. The molecule has 0 heterocycles. The molecule has 0 aliphatic heterocycles. The molecule has 0 aliphatic carbocycles. The lowest BCUT2D eigenvalue weighted by atomic mass is 9.90. The van der Waals surface area contributed by atoms with E-state index in [1.54, 1.807) is 0 Å². The van der Waals surface area contributed by atoms with Crippen molar-refractivity contribution in [3.8, 4) is 0 Å². The molecule has 0 heteroatoms. The smallest absolute Gasteiger partial charge is 0.0103 e. The summed E-state index contributed by atoms with van der Waals surface area (Å²) in [6, 6.07) is 0. The SMILES string of the molecule is C=C/C=c1/c(/C=C\C)c(C=C)c(C=C)c(C=C)/c1=C/C. The average molecular weight is 262 g/mol. The van der Waals surface area contributed by atoms with Gasteiger partial charge in [0.15, 0.2) is 0 Å². The van der Waals surface area contributed by atoms with Crippen LogP contribution in [0.5, 0.6) is 0 Å². The third-order valence-electron chi connectivity index (χ3n) is 3.26. The van der Waals surface area contributed by atoms with Gasteiger partial charge in [0.2, 0.25) is 0 Å². The van der Waals surface area contributed by atoms with Crippen LogP contribution in [0.4, 0.5) is 0 Å². The standard InChI is InChI=1S/C20H22/c1-7-13-19-17(11-5)15(9-3)16(10-4)18(12-6)20(19)14-8-2/h7-14H,1,3-4,6H2,2,5H3/b14-8-,17-11-,19-13+. The van der Waals surface area contributed by atoms with Crippen LogP contribution in [0.1, 0.15) is 36.1 Å². The van der Waals surface area contributed by atoms with E-state index in [0.717, 1.165) is 32.7 Å². The highest BCUT2D eigenvalue weighted by Crippen LogP contribution is 2.19. The van der Waals surface area contributed by atoms with Crippen molar-refractivity contribution in [2.24, 2.45) is 0 Å². The lowest BCUT2D eigenvalue weighted by Gasteiger charge is -2.13. The molecular formula is C20H22. The van der Waals surface area contributed by atoms with E-state index in [1.165, 1.54) is 0 Å². The fraction of sp³-hybridized carbons (Fsp3) is 0.100. The van der Waals surface area contributed by atoms with Crippen molar-refractivity contribution in [1.82, 2.24) is 0 Å². The zero-order chi connectivity index (χ0) is 15.1. The predicted molar refractivity (Wildman–Crippen MR) is 95.5 cm³/mol. The second-order valence-electron chi connectivity index (χ2n) is 4.29. The van der Waals surface area contributed by atoms with Gasteiger partial charge in [0.05, 0.1) is 0 Å². The van der Waals surface area contributed by atoms with E-state index in [0.29, 0.717) is 0 Å².